The first-order valence-corrected chi connectivity index (χ1v) is 26.5. The average Bonchev–Trinajstić information content (AvgIpc) is 3.38. The molecule has 2 fully saturated rings. The number of hydrogen-bond donors (Lipinski definition) is 16. The molecule has 27 heteroatoms. The quantitative estimate of drug-likeness (QED) is 0.0545. The Hall–Kier alpha value is -6.20. The number of rotatable bonds is 21. The Labute approximate surface area is 449 Å². The molecule has 0 unspecified atom stereocenters. The Morgan fingerprint density at radius 3 is 1.56 bits per heavy atom. The van der Waals surface area contributed by atoms with Crippen molar-refractivity contribution < 1.29 is 58.2 Å². The van der Waals surface area contributed by atoms with Gasteiger partial charge in [-0.3, -0.25) is 52.8 Å². The van der Waals surface area contributed by atoms with Crippen molar-refractivity contribution in [3.8, 4) is 0 Å². The molecule has 77 heavy (non-hydrogen) atoms. The Bertz CT molecular complexity index is 2150. The molecule has 1 saturated carbocycles. The minimum Gasteiger partial charge on any atom is -0.391 e. The molecule has 1 saturated heterocycles. The van der Waals surface area contributed by atoms with Gasteiger partial charge < -0.3 is 87.1 Å². The first-order valence-electron chi connectivity index (χ1n) is 26.5. The summed E-state index contributed by atoms with van der Waals surface area (Å²) in [5.74, 6) is -11.0. The number of amides is 10. The molecular weight excluding hydrogens is 1000 g/mol. The van der Waals surface area contributed by atoms with E-state index >= 15 is 9.59 Å². The standard InChI is InChI=1S/C50H85N15O12/c1-26(2)24-36-45(72)58-32(14-19-51)42(69)57-34(16-21-53)44(71)64-40(28(4)67)50(77)65(49(76)35(17-22-54)60-48(75)39(27(3)66)63-41(68)30-10-12-31(56)13-11-30)38(18-23-55)47(74)59-33(15-20-52)43(70)62-37(46(73)61-36)25-29-8-6-5-7-9-29/h5-9,26-28,30-40,66-67H,10-25,51-56H2,1-4H3,(H,57,69)(H,58,72)(H,59,74)(H,60,75)(H,61,73)(H,62,70)(H,63,68)(H,64,71)/t27-,28-,30?,31?,32+,33+,34+,35+,36+,37-,38+,39+,40+/m1/s1. The van der Waals surface area contributed by atoms with Crippen LogP contribution in [0, 0.1) is 11.8 Å². The molecule has 1 aromatic rings. The molecule has 0 bridgehead atoms. The lowest BCUT2D eigenvalue weighted by atomic mass is 9.85. The number of hydrogen-bond acceptors (Lipinski definition) is 18. The summed E-state index contributed by atoms with van der Waals surface area (Å²) in [6, 6.07) is -6.39. The highest BCUT2D eigenvalue weighted by Crippen LogP contribution is 2.24. The van der Waals surface area contributed by atoms with Crippen LogP contribution < -0.4 is 76.9 Å². The minimum absolute atomic E-state index is 0.0565. The molecule has 2 aliphatic rings. The number of nitrogens with zero attached hydrogens (tertiary/aromatic N) is 1. The van der Waals surface area contributed by atoms with Crippen molar-refractivity contribution in [3.05, 3.63) is 35.9 Å². The third kappa shape index (κ3) is 20.0. The molecule has 22 N–H and O–H groups in total. The molecule has 1 heterocycles. The van der Waals surface area contributed by atoms with Crippen molar-refractivity contribution in [2.24, 2.45) is 46.2 Å². The van der Waals surface area contributed by atoms with Crippen molar-refractivity contribution in [1.29, 1.82) is 0 Å². The van der Waals surface area contributed by atoms with Crippen LogP contribution in [0.2, 0.25) is 0 Å². The largest absolute Gasteiger partial charge is 0.391 e. The minimum atomic E-state index is -2.11. The highest BCUT2D eigenvalue weighted by Gasteiger charge is 2.45. The van der Waals surface area contributed by atoms with Crippen molar-refractivity contribution in [3.63, 3.8) is 0 Å². The van der Waals surface area contributed by atoms with E-state index in [-0.39, 0.29) is 70.2 Å². The number of carbonyl (C=O) groups excluding carboxylic acids is 10. The fourth-order valence-corrected chi connectivity index (χ4v) is 9.08. The summed E-state index contributed by atoms with van der Waals surface area (Å²) in [6.45, 7) is 4.54. The van der Waals surface area contributed by atoms with Gasteiger partial charge in [-0.1, -0.05) is 44.2 Å². The van der Waals surface area contributed by atoms with E-state index in [4.69, 9.17) is 34.4 Å². The third-order valence-electron chi connectivity index (χ3n) is 13.4. The van der Waals surface area contributed by atoms with Gasteiger partial charge in [0, 0.05) is 18.4 Å². The van der Waals surface area contributed by atoms with Crippen LogP contribution in [-0.4, -0.2) is 180 Å². The SMILES string of the molecule is CC(C)C[C@@H]1NC(=O)[C@@H](Cc2ccccc2)NC(=O)[C@H](CCN)NC(=O)[C@H](CCN)N(C(=O)[C@H](CCN)NC(=O)[C@@H](NC(=O)C2CCC(N)CC2)[C@@H](C)O)C(=O)[C@H]([C@@H](C)O)NC(=O)[C@H](CCN)NC(=O)[C@H](CCN)NC1=O. The van der Waals surface area contributed by atoms with Crippen LogP contribution in [0.5, 0.6) is 0 Å². The summed E-state index contributed by atoms with van der Waals surface area (Å²) in [6.07, 6.45) is -3.22. The fourth-order valence-electron chi connectivity index (χ4n) is 9.08. The van der Waals surface area contributed by atoms with Crippen molar-refractivity contribution in [1.82, 2.24) is 47.4 Å². The van der Waals surface area contributed by atoms with E-state index in [1.54, 1.807) is 44.2 Å². The van der Waals surface area contributed by atoms with Crippen LogP contribution in [0.15, 0.2) is 30.3 Å². The molecule has 1 aliphatic heterocycles. The number of nitrogens with one attached hydrogen (secondary N) is 8. The molecular formula is C50H85N15O12. The summed E-state index contributed by atoms with van der Waals surface area (Å²) in [5.41, 5.74) is 36.4. The van der Waals surface area contributed by atoms with Gasteiger partial charge in [-0.05, 0) is 122 Å². The number of carbonyl (C=O) groups is 10. The zero-order chi connectivity index (χ0) is 57.5. The zero-order valence-electron chi connectivity index (χ0n) is 44.7. The molecule has 0 radical (unpaired) electrons. The van der Waals surface area contributed by atoms with Gasteiger partial charge in [-0.15, -0.1) is 0 Å². The van der Waals surface area contributed by atoms with E-state index in [1.807, 2.05) is 0 Å². The van der Waals surface area contributed by atoms with E-state index in [0.29, 0.717) is 36.1 Å². The van der Waals surface area contributed by atoms with Gasteiger partial charge in [0.15, 0.2) is 0 Å². The first-order chi connectivity index (χ1) is 36.5. The number of imide groups is 1. The molecule has 0 spiro atoms. The van der Waals surface area contributed by atoms with Gasteiger partial charge in [0.05, 0.1) is 12.2 Å². The van der Waals surface area contributed by atoms with Gasteiger partial charge in [0.1, 0.15) is 54.4 Å². The van der Waals surface area contributed by atoms with E-state index in [1.165, 1.54) is 6.92 Å². The molecule has 3 rings (SSSR count). The Morgan fingerprint density at radius 2 is 1.08 bits per heavy atom. The maximum Gasteiger partial charge on any atom is 0.255 e. The number of aliphatic hydroxyl groups excluding tert-OH is 2. The molecule has 0 aromatic heterocycles. The monoisotopic (exact) mass is 1090 g/mol. The van der Waals surface area contributed by atoms with Gasteiger partial charge in [0.2, 0.25) is 47.3 Å². The Kier molecular flexibility index (Phi) is 27.5. The van der Waals surface area contributed by atoms with E-state index in [0.717, 1.165) is 6.92 Å². The van der Waals surface area contributed by atoms with E-state index in [2.05, 4.69) is 42.5 Å². The second kappa shape index (κ2) is 32.5. The van der Waals surface area contributed by atoms with Crippen LogP contribution in [0.4, 0.5) is 0 Å². The molecule has 11 atom stereocenters. The van der Waals surface area contributed by atoms with Crippen LogP contribution in [0.1, 0.15) is 97.5 Å². The normalized spacial score (nSPS) is 26.3. The van der Waals surface area contributed by atoms with Gasteiger partial charge in [-0.2, -0.15) is 0 Å². The molecule has 27 nitrogen and oxygen atoms in total. The topological polar surface area (TPSA) is 467 Å². The Morgan fingerprint density at radius 1 is 0.610 bits per heavy atom. The lowest BCUT2D eigenvalue weighted by molar-refractivity contribution is -0.158. The number of benzene rings is 1. The van der Waals surface area contributed by atoms with Crippen molar-refractivity contribution >= 4 is 59.1 Å². The van der Waals surface area contributed by atoms with Crippen molar-refractivity contribution in [2.75, 3.05) is 32.7 Å². The average molecular weight is 1090 g/mol. The molecule has 10 amide bonds. The number of aliphatic hydroxyl groups is 2. The van der Waals surface area contributed by atoms with Crippen LogP contribution in [0.25, 0.3) is 0 Å². The second-order valence-corrected chi connectivity index (χ2v) is 20.2. The second-order valence-electron chi connectivity index (χ2n) is 20.2. The summed E-state index contributed by atoms with van der Waals surface area (Å²) >= 11 is 0. The Balaban J connectivity index is 2.29. The summed E-state index contributed by atoms with van der Waals surface area (Å²) in [7, 11) is 0. The van der Waals surface area contributed by atoms with Crippen LogP contribution >= 0.6 is 0 Å². The predicted molar refractivity (Wildman–Crippen MR) is 282 cm³/mol. The summed E-state index contributed by atoms with van der Waals surface area (Å²) in [4.78, 5) is 144. The van der Waals surface area contributed by atoms with Crippen LogP contribution in [0.3, 0.4) is 0 Å². The highest BCUT2D eigenvalue weighted by atomic mass is 16.3. The number of nitrogens with two attached hydrogens (primary N) is 6. The first kappa shape index (κ1) is 65.1. The fraction of sp³-hybridized carbons (Fsp3) is 0.680. The highest BCUT2D eigenvalue weighted by molar-refractivity contribution is 6.07. The van der Waals surface area contributed by atoms with Crippen LogP contribution in [-0.2, 0) is 54.4 Å². The molecule has 432 valence electrons. The summed E-state index contributed by atoms with van der Waals surface area (Å²) < 4.78 is 0. The third-order valence-corrected chi connectivity index (χ3v) is 13.4. The smallest absolute Gasteiger partial charge is 0.255 e. The maximum atomic E-state index is 15.2. The maximum absolute atomic E-state index is 15.2. The van der Waals surface area contributed by atoms with Gasteiger partial charge >= 0.3 is 0 Å². The van der Waals surface area contributed by atoms with E-state index in [9.17, 15) is 48.6 Å². The van der Waals surface area contributed by atoms with Gasteiger partial charge in [0.25, 0.3) is 11.8 Å². The van der Waals surface area contributed by atoms with Gasteiger partial charge in [-0.25, -0.2) is 0 Å². The molecule has 1 aliphatic carbocycles. The lowest BCUT2D eigenvalue weighted by Gasteiger charge is -2.36. The zero-order valence-corrected chi connectivity index (χ0v) is 44.7. The molecule has 1 aromatic carbocycles. The van der Waals surface area contributed by atoms with E-state index < -0.39 is 151 Å². The van der Waals surface area contributed by atoms with Crippen molar-refractivity contribution in [2.45, 2.75) is 171 Å². The predicted octanol–water partition coefficient (Wildman–Crippen LogP) is -6.09. The lowest BCUT2D eigenvalue weighted by Crippen LogP contribution is -2.66. The summed E-state index contributed by atoms with van der Waals surface area (Å²) in [5, 5.41) is 42.4.